The third kappa shape index (κ3) is 6.65. The van der Waals surface area contributed by atoms with E-state index in [0.717, 1.165) is 40.9 Å². The van der Waals surface area contributed by atoms with Crippen molar-refractivity contribution in [3.63, 3.8) is 0 Å². The third-order valence-electron chi connectivity index (χ3n) is 4.34. The van der Waals surface area contributed by atoms with Gasteiger partial charge in [0.1, 0.15) is 11.5 Å². The summed E-state index contributed by atoms with van der Waals surface area (Å²) < 4.78 is 12.2. The Morgan fingerprint density at radius 3 is 2.17 bits per heavy atom. The second-order valence-electron chi connectivity index (χ2n) is 6.35. The number of guanidine groups is 1. The normalized spacial score (nSPS) is 10.8. The Balaban J connectivity index is 0.00000320. The highest BCUT2D eigenvalue weighted by Gasteiger charge is 2.04. The van der Waals surface area contributed by atoms with Gasteiger partial charge in [0.15, 0.2) is 5.96 Å². The zero-order valence-electron chi connectivity index (χ0n) is 17.5. The number of ether oxygens (including phenoxy) is 2. The standard InChI is InChI=1S/C22H27N5O2.HI/c1-4-23-22(24-15-17-5-9-20(28-2)10-6-17)25-16-18-13-14-27(26-18)19-7-11-21(29-3)12-8-19;/h5-14H,4,15-16H2,1-3H3,(H2,23,24,25);1H. The largest absolute Gasteiger partial charge is 0.497 e. The van der Waals surface area contributed by atoms with Gasteiger partial charge in [-0.1, -0.05) is 12.1 Å². The molecule has 0 unspecified atom stereocenters. The van der Waals surface area contributed by atoms with Crippen molar-refractivity contribution >= 4 is 29.9 Å². The lowest BCUT2D eigenvalue weighted by atomic mass is 10.2. The molecule has 1 heterocycles. The van der Waals surface area contributed by atoms with Crippen LogP contribution >= 0.6 is 24.0 Å². The van der Waals surface area contributed by atoms with E-state index in [-0.39, 0.29) is 24.0 Å². The maximum absolute atomic E-state index is 5.20. The average molecular weight is 521 g/mol. The fourth-order valence-corrected chi connectivity index (χ4v) is 2.75. The van der Waals surface area contributed by atoms with Crippen molar-refractivity contribution < 1.29 is 9.47 Å². The van der Waals surface area contributed by atoms with Gasteiger partial charge < -0.3 is 20.1 Å². The fraction of sp³-hybridized carbons (Fsp3) is 0.273. The Bertz CT molecular complexity index is 923. The number of hydrogen-bond acceptors (Lipinski definition) is 4. The molecule has 0 aliphatic heterocycles. The Kier molecular flexibility index (Phi) is 9.46. The zero-order chi connectivity index (χ0) is 20.5. The Morgan fingerprint density at radius 2 is 1.57 bits per heavy atom. The van der Waals surface area contributed by atoms with Crippen LogP contribution in [0.5, 0.6) is 11.5 Å². The van der Waals surface area contributed by atoms with Crippen LogP contribution in [-0.2, 0) is 13.1 Å². The molecule has 2 N–H and O–H groups in total. The van der Waals surface area contributed by atoms with E-state index in [2.05, 4.69) is 20.7 Å². The Morgan fingerprint density at radius 1 is 0.933 bits per heavy atom. The Hall–Kier alpha value is -2.75. The number of nitrogens with one attached hydrogen (secondary N) is 2. The molecule has 0 spiro atoms. The molecule has 30 heavy (non-hydrogen) atoms. The van der Waals surface area contributed by atoms with Gasteiger partial charge >= 0.3 is 0 Å². The minimum atomic E-state index is 0. The predicted molar refractivity (Wildman–Crippen MR) is 130 cm³/mol. The molecule has 160 valence electrons. The van der Waals surface area contributed by atoms with Crippen molar-refractivity contribution in [2.45, 2.75) is 20.0 Å². The highest BCUT2D eigenvalue weighted by Crippen LogP contribution is 2.14. The van der Waals surface area contributed by atoms with Gasteiger partial charge in [0.25, 0.3) is 0 Å². The van der Waals surface area contributed by atoms with Gasteiger partial charge in [0.05, 0.1) is 38.7 Å². The second-order valence-corrected chi connectivity index (χ2v) is 6.35. The molecule has 0 amide bonds. The van der Waals surface area contributed by atoms with E-state index in [9.17, 15) is 0 Å². The summed E-state index contributed by atoms with van der Waals surface area (Å²) in [5.74, 6) is 2.42. The molecule has 0 fully saturated rings. The molecular weight excluding hydrogens is 493 g/mol. The van der Waals surface area contributed by atoms with Crippen LogP contribution in [0.1, 0.15) is 18.2 Å². The zero-order valence-corrected chi connectivity index (χ0v) is 19.8. The molecule has 8 heteroatoms. The minimum Gasteiger partial charge on any atom is -0.497 e. The van der Waals surface area contributed by atoms with Crippen LogP contribution in [-0.4, -0.2) is 36.5 Å². The first-order valence-corrected chi connectivity index (χ1v) is 9.56. The van der Waals surface area contributed by atoms with Gasteiger partial charge in [0.2, 0.25) is 0 Å². The van der Waals surface area contributed by atoms with Gasteiger partial charge in [0, 0.05) is 12.7 Å². The SMILES string of the molecule is CCNC(=NCc1ccc(OC)cc1)NCc1ccn(-c2ccc(OC)cc2)n1.I. The van der Waals surface area contributed by atoms with E-state index in [1.165, 1.54) is 0 Å². The number of rotatable bonds is 8. The molecule has 3 rings (SSSR count). The molecule has 0 saturated carbocycles. The van der Waals surface area contributed by atoms with E-state index in [1.807, 2.05) is 72.4 Å². The van der Waals surface area contributed by atoms with Gasteiger partial charge in [-0.05, 0) is 55.0 Å². The topological polar surface area (TPSA) is 72.7 Å². The summed E-state index contributed by atoms with van der Waals surface area (Å²) in [5.41, 5.74) is 3.03. The van der Waals surface area contributed by atoms with Crippen molar-refractivity contribution in [3.8, 4) is 17.2 Å². The van der Waals surface area contributed by atoms with Crippen molar-refractivity contribution in [3.05, 3.63) is 72.1 Å². The van der Waals surface area contributed by atoms with Crippen LogP contribution in [0.25, 0.3) is 5.69 Å². The van der Waals surface area contributed by atoms with E-state index < -0.39 is 0 Å². The molecule has 3 aromatic rings. The number of hydrogen-bond donors (Lipinski definition) is 2. The summed E-state index contributed by atoms with van der Waals surface area (Å²) in [6.45, 7) is 3.99. The summed E-state index contributed by atoms with van der Waals surface area (Å²) >= 11 is 0. The lowest BCUT2D eigenvalue weighted by Crippen LogP contribution is -2.36. The highest BCUT2D eigenvalue weighted by atomic mass is 127. The second kappa shape index (κ2) is 12.1. The molecule has 2 aromatic carbocycles. The first-order valence-electron chi connectivity index (χ1n) is 9.56. The monoisotopic (exact) mass is 521 g/mol. The summed E-state index contributed by atoms with van der Waals surface area (Å²) in [5, 5.41) is 11.2. The maximum atomic E-state index is 5.20. The minimum absolute atomic E-state index is 0. The van der Waals surface area contributed by atoms with E-state index in [4.69, 9.17) is 9.47 Å². The first-order chi connectivity index (χ1) is 14.2. The Labute approximate surface area is 194 Å². The lowest BCUT2D eigenvalue weighted by molar-refractivity contribution is 0.414. The van der Waals surface area contributed by atoms with Gasteiger partial charge in [-0.25, -0.2) is 9.67 Å². The molecular formula is C22H28IN5O2. The van der Waals surface area contributed by atoms with E-state index in [1.54, 1.807) is 14.2 Å². The molecule has 0 aliphatic rings. The predicted octanol–water partition coefficient (Wildman–Crippen LogP) is 3.76. The fourth-order valence-electron chi connectivity index (χ4n) is 2.75. The molecule has 0 aliphatic carbocycles. The van der Waals surface area contributed by atoms with Crippen LogP contribution in [0.3, 0.4) is 0 Å². The van der Waals surface area contributed by atoms with Crippen molar-refractivity contribution in [1.29, 1.82) is 0 Å². The van der Waals surface area contributed by atoms with Gasteiger partial charge in [-0.3, -0.25) is 0 Å². The molecule has 7 nitrogen and oxygen atoms in total. The van der Waals surface area contributed by atoms with Crippen molar-refractivity contribution in [2.75, 3.05) is 20.8 Å². The number of nitrogens with zero attached hydrogens (tertiary/aromatic N) is 3. The summed E-state index contributed by atoms with van der Waals surface area (Å²) in [6, 6.07) is 17.7. The number of methoxy groups -OCH3 is 2. The molecule has 1 aromatic heterocycles. The lowest BCUT2D eigenvalue weighted by Gasteiger charge is -2.10. The number of aromatic nitrogens is 2. The smallest absolute Gasteiger partial charge is 0.191 e. The van der Waals surface area contributed by atoms with Crippen LogP contribution in [0, 0.1) is 0 Å². The van der Waals surface area contributed by atoms with Crippen LogP contribution in [0.15, 0.2) is 65.8 Å². The van der Waals surface area contributed by atoms with Crippen LogP contribution in [0.4, 0.5) is 0 Å². The van der Waals surface area contributed by atoms with E-state index >= 15 is 0 Å². The number of aliphatic imine (C=N–C) groups is 1. The highest BCUT2D eigenvalue weighted by molar-refractivity contribution is 14.0. The van der Waals surface area contributed by atoms with Gasteiger partial charge in [-0.2, -0.15) is 5.10 Å². The molecule has 0 atom stereocenters. The van der Waals surface area contributed by atoms with E-state index in [0.29, 0.717) is 13.1 Å². The molecule has 0 radical (unpaired) electrons. The summed E-state index contributed by atoms with van der Waals surface area (Å²) in [6.07, 6.45) is 1.94. The van der Waals surface area contributed by atoms with Crippen LogP contribution < -0.4 is 20.1 Å². The van der Waals surface area contributed by atoms with Crippen LogP contribution in [0.2, 0.25) is 0 Å². The first kappa shape index (κ1) is 23.5. The average Bonchev–Trinajstić information content (AvgIpc) is 3.25. The van der Waals surface area contributed by atoms with Crippen molar-refractivity contribution in [2.24, 2.45) is 4.99 Å². The molecule has 0 bridgehead atoms. The maximum Gasteiger partial charge on any atom is 0.191 e. The van der Waals surface area contributed by atoms with Crippen molar-refractivity contribution in [1.82, 2.24) is 20.4 Å². The van der Waals surface area contributed by atoms with Gasteiger partial charge in [-0.15, -0.1) is 24.0 Å². The quantitative estimate of drug-likeness (QED) is 0.269. The summed E-state index contributed by atoms with van der Waals surface area (Å²) in [7, 11) is 3.32. The molecule has 0 saturated heterocycles. The number of halogens is 1. The number of benzene rings is 2. The third-order valence-corrected chi connectivity index (χ3v) is 4.34. The summed E-state index contributed by atoms with van der Waals surface area (Å²) in [4.78, 5) is 4.64.